The van der Waals surface area contributed by atoms with Crippen LogP contribution in [0, 0.1) is 6.92 Å². The molecular formula is C21H25N5O4S. The molecule has 0 spiro atoms. The molecule has 9 nitrogen and oxygen atoms in total. The highest BCUT2D eigenvalue weighted by Crippen LogP contribution is 2.33. The molecule has 10 heteroatoms. The highest BCUT2D eigenvalue weighted by atomic mass is 32.2. The minimum atomic E-state index is -0.179. The predicted molar refractivity (Wildman–Crippen MR) is 118 cm³/mol. The summed E-state index contributed by atoms with van der Waals surface area (Å²) >= 11 is 1.25. The van der Waals surface area contributed by atoms with Crippen molar-refractivity contribution in [3.63, 3.8) is 0 Å². The van der Waals surface area contributed by atoms with Crippen LogP contribution >= 0.6 is 11.8 Å². The Balaban J connectivity index is 1.74. The fourth-order valence-electron chi connectivity index (χ4n) is 3.43. The molecule has 0 fully saturated rings. The Labute approximate surface area is 183 Å². The molecular weight excluding hydrogens is 418 g/mol. The number of thioether (sulfide) groups is 1. The molecule has 0 bridgehead atoms. The molecule has 2 aromatic heterocycles. The third-order valence-corrected chi connectivity index (χ3v) is 5.94. The Morgan fingerprint density at radius 3 is 2.84 bits per heavy atom. The second-order valence-corrected chi connectivity index (χ2v) is 8.15. The second-order valence-electron chi connectivity index (χ2n) is 7.21. The van der Waals surface area contributed by atoms with Crippen molar-refractivity contribution in [2.24, 2.45) is 0 Å². The van der Waals surface area contributed by atoms with Gasteiger partial charge >= 0.3 is 0 Å². The van der Waals surface area contributed by atoms with Crippen molar-refractivity contribution in [3.05, 3.63) is 39.8 Å². The number of hydrogen-bond donors (Lipinski definition) is 1. The summed E-state index contributed by atoms with van der Waals surface area (Å²) in [5, 5.41) is 7.80. The van der Waals surface area contributed by atoms with E-state index < -0.39 is 0 Å². The first kappa shape index (κ1) is 21.2. The van der Waals surface area contributed by atoms with Gasteiger partial charge in [-0.05, 0) is 38.0 Å². The summed E-state index contributed by atoms with van der Waals surface area (Å²) in [6, 6.07) is 5.60. The van der Waals surface area contributed by atoms with E-state index in [0.29, 0.717) is 53.0 Å². The van der Waals surface area contributed by atoms with Gasteiger partial charge in [0, 0.05) is 13.1 Å². The number of aryl methyl sites for hydroxylation is 2. The fraction of sp³-hybridized carbons (Fsp3) is 0.429. The summed E-state index contributed by atoms with van der Waals surface area (Å²) in [5.74, 6) is 1.44. The highest BCUT2D eigenvalue weighted by molar-refractivity contribution is 7.99. The number of carbonyl (C=O) groups excluding carboxylic acids is 1. The first-order valence-electron chi connectivity index (χ1n) is 10.3. The van der Waals surface area contributed by atoms with Gasteiger partial charge in [-0.15, -0.1) is 0 Å². The van der Waals surface area contributed by atoms with Crippen LogP contribution in [-0.4, -0.2) is 44.3 Å². The van der Waals surface area contributed by atoms with Crippen molar-refractivity contribution in [1.29, 1.82) is 0 Å². The first-order valence-corrected chi connectivity index (χ1v) is 11.3. The van der Waals surface area contributed by atoms with E-state index in [4.69, 9.17) is 14.5 Å². The molecule has 0 unspecified atom stereocenters. The van der Waals surface area contributed by atoms with Gasteiger partial charge < -0.3 is 14.8 Å². The van der Waals surface area contributed by atoms with Gasteiger partial charge in [0.25, 0.3) is 5.56 Å². The summed E-state index contributed by atoms with van der Waals surface area (Å²) in [6.07, 6.45) is 0.866. The number of amides is 1. The number of hydrogen-bond acceptors (Lipinski definition) is 7. The average molecular weight is 444 g/mol. The minimum absolute atomic E-state index is 0.0863. The monoisotopic (exact) mass is 443 g/mol. The molecule has 0 aliphatic carbocycles. The number of aromatic nitrogens is 4. The van der Waals surface area contributed by atoms with Gasteiger partial charge in [-0.2, -0.15) is 5.10 Å². The number of fused-ring (bicyclic) bond motifs is 2. The molecule has 0 atom stereocenters. The number of rotatable bonds is 8. The maximum Gasteiger partial charge on any atom is 0.280 e. The fourth-order valence-corrected chi connectivity index (χ4v) is 4.26. The van der Waals surface area contributed by atoms with E-state index in [1.54, 1.807) is 9.25 Å². The topological polar surface area (TPSA) is 100 Å². The summed E-state index contributed by atoms with van der Waals surface area (Å²) in [5.41, 5.74) is 2.44. The van der Waals surface area contributed by atoms with Crippen LogP contribution in [0.2, 0.25) is 0 Å². The SMILES string of the molecule is CCCNC(=O)CSc1nc2c(C)nn(CC)c2c(=O)n1Cc1ccc2c(c1)OCO2. The second kappa shape index (κ2) is 9.01. The Hall–Kier alpha value is -3.01. The van der Waals surface area contributed by atoms with Crippen LogP contribution in [0.3, 0.4) is 0 Å². The van der Waals surface area contributed by atoms with Gasteiger partial charge in [0.05, 0.1) is 18.0 Å². The van der Waals surface area contributed by atoms with Gasteiger partial charge in [0.15, 0.2) is 22.2 Å². The van der Waals surface area contributed by atoms with E-state index in [-0.39, 0.29) is 24.0 Å². The largest absolute Gasteiger partial charge is 0.454 e. The molecule has 4 rings (SSSR count). The van der Waals surface area contributed by atoms with Crippen LogP contribution in [0.4, 0.5) is 0 Å². The number of ether oxygens (including phenoxy) is 2. The Morgan fingerprint density at radius 2 is 2.06 bits per heavy atom. The van der Waals surface area contributed by atoms with Crippen LogP contribution in [0.15, 0.2) is 28.2 Å². The normalized spacial score (nSPS) is 12.5. The third-order valence-electron chi connectivity index (χ3n) is 4.96. The van der Waals surface area contributed by atoms with Gasteiger partial charge in [-0.25, -0.2) is 4.98 Å². The van der Waals surface area contributed by atoms with Crippen molar-refractivity contribution in [2.75, 3.05) is 19.1 Å². The standard InChI is InChI=1S/C21H25N5O4S/c1-4-8-22-17(27)11-31-21-23-18-13(3)24-26(5-2)19(18)20(28)25(21)10-14-6-7-15-16(9-14)30-12-29-15/h6-7,9H,4-5,8,10-12H2,1-3H3,(H,22,27). The summed E-state index contributed by atoms with van der Waals surface area (Å²) in [6.45, 7) is 7.45. The van der Waals surface area contributed by atoms with Crippen molar-refractivity contribution in [3.8, 4) is 11.5 Å². The molecule has 3 heterocycles. The van der Waals surface area contributed by atoms with Crippen molar-refractivity contribution in [1.82, 2.24) is 24.6 Å². The summed E-state index contributed by atoms with van der Waals surface area (Å²) in [7, 11) is 0. The molecule has 1 aliphatic heterocycles. The lowest BCUT2D eigenvalue weighted by Gasteiger charge is -2.13. The third kappa shape index (κ3) is 4.25. The van der Waals surface area contributed by atoms with E-state index in [9.17, 15) is 9.59 Å². The molecule has 164 valence electrons. The predicted octanol–water partition coefficient (Wildman–Crippen LogP) is 2.32. The van der Waals surface area contributed by atoms with E-state index in [1.165, 1.54) is 11.8 Å². The molecule has 1 aliphatic rings. The van der Waals surface area contributed by atoms with Crippen molar-refractivity contribution >= 4 is 28.7 Å². The molecule has 1 amide bonds. The minimum Gasteiger partial charge on any atom is -0.454 e. The zero-order valence-corrected chi connectivity index (χ0v) is 18.6. The zero-order valence-electron chi connectivity index (χ0n) is 17.8. The van der Waals surface area contributed by atoms with Crippen LogP contribution in [0.1, 0.15) is 31.5 Å². The zero-order chi connectivity index (χ0) is 22.0. The number of benzene rings is 1. The quantitative estimate of drug-likeness (QED) is 0.421. The van der Waals surface area contributed by atoms with E-state index in [0.717, 1.165) is 12.0 Å². The lowest BCUT2D eigenvalue weighted by Crippen LogP contribution is -2.28. The smallest absolute Gasteiger partial charge is 0.280 e. The molecule has 0 saturated heterocycles. The Morgan fingerprint density at radius 1 is 1.26 bits per heavy atom. The van der Waals surface area contributed by atoms with E-state index >= 15 is 0 Å². The number of nitrogens with zero attached hydrogens (tertiary/aromatic N) is 4. The van der Waals surface area contributed by atoms with Crippen LogP contribution in [-0.2, 0) is 17.9 Å². The Bertz CT molecular complexity index is 1190. The highest BCUT2D eigenvalue weighted by Gasteiger charge is 2.20. The Kier molecular flexibility index (Phi) is 6.17. The molecule has 3 aromatic rings. The summed E-state index contributed by atoms with van der Waals surface area (Å²) in [4.78, 5) is 30.4. The lowest BCUT2D eigenvalue weighted by atomic mass is 10.2. The van der Waals surface area contributed by atoms with Crippen LogP contribution in [0.25, 0.3) is 11.0 Å². The molecule has 1 N–H and O–H groups in total. The molecule has 0 radical (unpaired) electrons. The van der Waals surface area contributed by atoms with Crippen molar-refractivity contribution in [2.45, 2.75) is 45.4 Å². The van der Waals surface area contributed by atoms with E-state index in [2.05, 4.69) is 10.4 Å². The summed E-state index contributed by atoms with van der Waals surface area (Å²) < 4.78 is 14.1. The molecule has 31 heavy (non-hydrogen) atoms. The van der Waals surface area contributed by atoms with Gasteiger partial charge in [-0.3, -0.25) is 18.8 Å². The van der Waals surface area contributed by atoms with Crippen molar-refractivity contribution < 1.29 is 14.3 Å². The molecule has 0 saturated carbocycles. The lowest BCUT2D eigenvalue weighted by molar-refractivity contribution is -0.118. The first-order chi connectivity index (χ1) is 15.0. The van der Waals surface area contributed by atoms with Gasteiger partial charge in [-0.1, -0.05) is 24.8 Å². The average Bonchev–Trinajstić information content (AvgIpc) is 3.36. The van der Waals surface area contributed by atoms with Crippen LogP contribution < -0.4 is 20.3 Å². The maximum atomic E-state index is 13.5. The van der Waals surface area contributed by atoms with Gasteiger partial charge in [0.1, 0.15) is 5.52 Å². The number of carbonyl (C=O) groups is 1. The van der Waals surface area contributed by atoms with E-state index in [1.807, 2.05) is 39.0 Å². The van der Waals surface area contributed by atoms with Gasteiger partial charge in [0.2, 0.25) is 12.7 Å². The number of nitrogens with one attached hydrogen (secondary N) is 1. The molecule has 1 aromatic carbocycles. The van der Waals surface area contributed by atoms with Crippen LogP contribution in [0.5, 0.6) is 11.5 Å². The maximum absolute atomic E-state index is 13.5.